The molecule has 1 aromatic rings. The summed E-state index contributed by atoms with van der Waals surface area (Å²) in [5.74, 6) is 0.785. The number of nitriles is 2. The van der Waals surface area contributed by atoms with Crippen molar-refractivity contribution in [2.45, 2.75) is 32.2 Å². The molecular formula is C16H19N3. The van der Waals surface area contributed by atoms with Crippen LogP contribution in [0.1, 0.15) is 31.7 Å². The van der Waals surface area contributed by atoms with Gasteiger partial charge in [-0.1, -0.05) is 6.92 Å². The fourth-order valence-corrected chi connectivity index (χ4v) is 2.89. The van der Waals surface area contributed by atoms with Crippen molar-refractivity contribution < 1.29 is 0 Å². The van der Waals surface area contributed by atoms with Gasteiger partial charge in [0.25, 0.3) is 0 Å². The van der Waals surface area contributed by atoms with E-state index < -0.39 is 0 Å². The predicted octanol–water partition coefficient (Wildman–Crippen LogP) is 3.32. The van der Waals surface area contributed by atoms with Crippen LogP contribution in [0, 0.1) is 34.5 Å². The average Bonchev–Trinajstić information content (AvgIpc) is 2.46. The van der Waals surface area contributed by atoms with E-state index in [1.807, 2.05) is 24.3 Å². The fourth-order valence-electron chi connectivity index (χ4n) is 2.89. The minimum Gasteiger partial charge on any atom is -0.370 e. The SMILES string of the molecule is CC1CCC(C#N)C(N(C)c2ccc(C#N)cc2)C1. The monoisotopic (exact) mass is 253 g/mol. The van der Waals surface area contributed by atoms with Gasteiger partial charge in [-0.25, -0.2) is 0 Å². The summed E-state index contributed by atoms with van der Waals surface area (Å²) in [6.45, 7) is 2.26. The summed E-state index contributed by atoms with van der Waals surface area (Å²) in [6, 6.07) is 12.5. The number of anilines is 1. The van der Waals surface area contributed by atoms with Crippen LogP contribution in [-0.4, -0.2) is 13.1 Å². The molecule has 0 radical (unpaired) electrons. The van der Waals surface area contributed by atoms with Crippen LogP contribution in [-0.2, 0) is 0 Å². The Morgan fingerprint density at radius 3 is 2.42 bits per heavy atom. The third kappa shape index (κ3) is 2.88. The maximum Gasteiger partial charge on any atom is 0.0991 e. The highest BCUT2D eigenvalue weighted by molar-refractivity contribution is 5.50. The van der Waals surface area contributed by atoms with Crippen LogP contribution in [0.4, 0.5) is 5.69 Å². The van der Waals surface area contributed by atoms with Gasteiger partial charge in [0.2, 0.25) is 0 Å². The van der Waals surface area contributed by atoms with Gasteiger partial charge in [0.15, 0.2) is 0 Å². The van der Waals surface area contributed by atoms with Gasteiger partial charge in [0, 0.05) is 18.8 Å². The van der Waals surface area contributed by atoms with Crippen molar-refractivity contribution in [1.29, 1.82) is 10.5 Å². The molecule has 1 aliphatic rings. The molecule has 0 heterocycles. The second-order valence-electron chi connectivity index (χ2n) is 5.49. The Bertz CT molecular complexity index is 506. The van der Waals surface area contributed by atoms with Crippen molar-refractivity contribution in [1.82, 2.24) is 0 Å². The van der Waals surface area contributed by atoms with Crippen molar-refractivity contribution >= 4 is 5.69 Å². The first-order valence-corrected chi connectivity index (χ1v) is 6.78. The van der Waals surface area contributed by atoms with Crippen LogP contribution < -0.4 is 4.90 Å². The molecule has 3 nitrogen and oxygen atoms in total. The second kappa shape index (κ2) is 5.76. The third-order valence-corrected chi connectivity index (χ3v) is 4.15. The lowest BCUT2D eigenvalue weighted by atomic mass is 9.79. The van der Waals surface area contributed by atoms with E-state index in [0.29, 0.717) is 11.5 Å². The fraction of sp³-hybridized carbons (Fsp3) is 0.500. The van der Waals surface area contributed by atoms with Gasteiger partial charge >= 0.3 is 0 Å². The Morgan fingerprint density at radius 2 is 1.84 bits per heavy atom. The Morgan fingerprint density at radius 1 is 1.16 bits per heavy atom. The molecule has 1 fully saturated rings. The second-order valence-corrected chi connectivity index (χ2v) is 5.49. The van der Waals surface area contributed by atoms with Gasteiger partial charge in [-0.05, 0) is 49.4 Å². The van der Waals surface area contributed by atoms with E-state index in [-0.39, 0.29) is 12.0 Å². The van der Waals surface area contributed by atoms with Gasteiger partial charge in [-0.15, -0.1) is 0 Å². The Balaban J connectivity index is 2.18. The summed E-state index contributed by atoms with van der Waals surface area (Å²) < 4.78 is 0. The topological polar surface area (TPSA) is 50.8 Å². The highest BCUT2D eigenvalue weighted by Gasteiger charge is 2.31. The molecule has 3 atom stereocenters. The van der Waals surface area contributed by atoms with Gasteiger partial charge in [0.1, 0.15) is 0 Å². The van der Waals surface area contributed by atoms with Crippen LogP contribution in [0.15, 0.2) is 24.3 Å². The number of hydrogen-bond acceptors (Lipinski definition) is 3. The lowest BCUT2D eigenvalue weighted by Gasteiger charge is -2.38. The van der Waals surface area contributed by atoms with Crippen molar-refractivity contribution in [3.05, 3.63) is 29.8 Å². The highest BCUT2D eigenvalue weighted by Crippen LogP contribution is 2.33. The molecule has 1 aromatic carbocycles. The van der Waals surface area contributed by atoms with E-state index in [1.165, 1.54) is 0 Å². The Hall–Kier alpha value is -2.00. The molecule has 0 spiro atoms. The summed E-state index contributed by atoms with van der Waals surface area (Å²) in [4.78, 5) is 2.20. The lowest BCUT2D eigenvalue weighted by molar-refractivity contribution is 0.286. The van der Waals surface area contributed by atoms with Crippen LogP contribution in [0.2, 0.25) is 0 Å². The van der Waals surface area contributed by atoms with Crippen LogP contribution in [0.25, 0.3) is 0 Å². The average molecular weight is 253 g/mol. The van der Waals surface area contributed by atoms with Crippen LogP contribution in [0.5, 0.6) is 0 Å². The normalized spacial score (nSPS) is 26.2. The number of benzene rings is 1. The molecule has 0 amide bonds. The quantitative estimate of drug-likeness (QED) is 0.812. The number of rotatable bonds is 2. The molecule has 0 aromatic heterocycles. The van der Waals surface area contributed by atoms with E-state index in [4.69, 9.17) is 5.26 Å². The molecule has 0 aliphatic heterocycles. The minimum absolute atomic E-state index is 0.108. The van der Waals surface area contributed by atoms with E-state index in [1.54, 1.807) is 0 Å². The zero-order valence-corrected chi connectivity index (χ0v) is 11.5. The van der Waals surface area contributed by atoms with Crippen LogP contribution >= 0.6 is 0 Å². The first-order valence-electron chi connectivity index (χ1n) is 6.78. The zero-order chi connectivity index (χ0) is 13.8. The van der Waals surface area contributed by atoms with Crippen molar-refractivity contribution in [2.24, 2.45) is 11.8 Å². The third-order valence-electron chi connectivity index (χ3n) is 4.15. The van der Waals surface area contributed by atoms with Crippen LogP contribution in [0.3, 0.4) is 0 Å². The summed E-state index contributed by atoms with van der Waals surface area (Å²) in [5, 5.41) is 18.1. The molecule has 1 aliphatic carbocycles. The molecule has 98 valence electrons. The summed E-state index contributed by atoms with van der Waals surface area (Å²) >= 11 is 0. The summed E-state index contributed by atoms with van der Waals surface area (Å²) in [7, 11) is 2.05. The minimum atomic E-state index is 0.108. The van der Waals surface area contributed by atoms with Crippen molar-refractivity contribution in [2.75, 3.05) is 11.9 Å². The lowest BCUT2D eigenvalue weighted by Crippen LogP contribution is -2.41. The summed E-state index contributed by atoms with van der Waals surface area (Å²) in [5.41, 5.74) is 1.75. The van der Waals surface area contributed by atoms with Gasteiger partial charge in [-0.2, -0.15) is 10.5 Å². The zero-order valence-electron chi connectivity index (χ0n) is 11.5. The summed E-state index contributed by atoms with van der Waals surface area (Å²) in [6.07, 6.45) is 3.20. The molecule has 0 N–H and O–H groups in total. The predicted molar refractivity (Wildman–Crippen MR) is 75.5 cm³/mol. The van der Waals surface area contributed by atoms with E-state index in [2.05, 4.69) is 31.0 Å². The van der Waals surface area contributed by atoms with Crippen molar-refractivity contribution in [3.63, 3.8) is 0 Å². The molecule has 19 heavy (non-hydrogen) atoms. The van der Waals surface area contributed by atoms with Crippen molar-refractivity contribution in [3.8, 4) is 12.1 Å². The largest absolute Gasteiger partial charge is 0.370 e. The van der Waals surface area contributed by atoms with Gasteiger partial charge in [-0.3, -0.25) is 0 Å². The first-order chi connectivity index (χ1) is 9.15. The Labute approximate surface area is 115 Å². The molecule has 2 rings (SSSR count). The smallest absolute Gasteiger partial charge is 0.0991 e. The molecule has 0 saturated heterocycles. The van der Waals surface area contributed by atoms with Gasteiger partial charge < -0.3 is 4.90 Å². The molecule has 1 saturated carbocycles. The standard InChI is InChI=1S/C16H19N3/c1-12-3-6-14(11-18)16(9-12)19(2)15-7-4-13(10-17)5-8-15/h4-5,7-8,12,14,16H,3,6,9H2,1-2H3. The number of nitrogens with zero attached hydrogens (tertiary/aromatic N) is 3. The molecule has 3 unspecified atom stereocenters. The Kier molecular flexibility index (Phi) is 4.07. The van der Waals surface area contributed by atoms with Gasteiger partial charge in [0.05, 0.1) is 23.6 Å². The number of hydrogen-bond donors (Lipinski definition) is 0. The molecular weight excluding hydrogens is 234 g/mol. The molecule has 3 heteroatoms. The molecule has 0 bridgehead atoms. The maximum atomic E-state index is 9.31. The highest BCUT2D eigenvalue weighted by atomic mass is 15.1. The maximum absolute atomic E-state index is 9.31. The van der Waals surface area contributed by atoms with E-state index in [0.717, 1.165) is 24.9 Å². The van der Waals surface area contributed by atoms with E-state index >= 15 is 0 Å². The first kappa shape index (κ1) is 13.4. The van der Waals surface area contributed by atoms with E-state index in [9.17, 15) is 5.26 Å².